The molecule has 0 saturated carbocycles. The van der Waals surface area contributed by atoms with E-state index in [4.69, 9.17) is 14.2 Å². The highest BCUT2D eigenvalue weighted by molar-refractivity contribution is 5.57. The molecule has 37 heavy (non-hydrogen) atoms. The molecular formula is C34H50O3. The van der Waals surface area contributed by atoms with E-state index in [9.17, 15) is 0 Å². The summed E-state index contributed by atoms with van der Waals surface area (Å²) in [7, 11) is 0. The zero-order valence-corrected chi connectivity index (χ0v) is 24.0. The van der Waals surface area contributed by atoms with Crippen LogP contribution in [0.2, 0.25) is 0 Å². The standard InChI is InChI=1S/C34H50O3/c1-5-7-9-11-13-15-17-27-19-21-31(29-23-25(3)35-33(27)29)37-32-22-20-28(18-16-14-12-10-8-6-2)34-30(32)24-26(4)36-34/h19-22,25-26H,5-18,23-24H2,1-4H3. The van der Waals surface area contributed by atoms with Crippen molar-refractivity contribution in [2.45, 2.75) is 143 Å². The van der Waals surface area contributed by atoms with E-state index in [1.54, 1.807) is 0 Å². The summed E-state index contributed by atoms with van der Waals surface area (Å²) in [5.41, 5.74) is 5.18. The van der Waals surface area contributed by atoms with Crippen LogP contribution in [0.4, 0.5) is 0 Å². The second-order valence-electron chi connectivity index (χ2n) is 11.5. The molecule has 2 aromatic carbocycles. The summed E-state index contributed by atoms with van der Waals surface area (Å²) < 4.78 is 19.3. The monoisotopic (exact) mass is 506 g/mol. The van der Waals surface area contributed by atoms with Crippen LogP contribution in [0.25, 0.3) is 0 Å². The van der Waals surface area contributed by atoms with Gasteiger partial charge in [-0.15, -0.1) is 0 Å². The molecule has 0 amide bonds. The minimum Gasteiger partial charge on any atom is -0.490 e. The number of hydrogen-bond donors (Lipinski definition) is 0. The van der Waals surface area contributed by atoms with Crippen molar-refractivity contribution in [3.8, 4) is 23.0 Å². The topological polar surface area (TPSA) is 27.7 Å². The van der Waals surface area contributed by atoms with Crippen LogP contribution in [-0.4, -0.2) is 12.2 Å². The van der Waals surface area contributed by atoms with Crippen LogP contribution in [0.5, 0.6) is 23.0 Å². The molecule has 3 nitrogen and oxygen atoms in total. The van der Waals surface area contributed by atoms with E-state index in [-0.39, 0.29) is 12.2 Å². The summed E-state index contributed by atoms with van der Waals surface area (Å²) in [6, 6.07) is 8.85. The van der Waals surface area contributed by atoms with Gasteiger partial charge in [0.05, 0.1) is 0 Å². The lowest BCUT2D eigenvalue weighted by atomic mass is 9.99. The molecule has 2 unspecified atom stereocenters. The highest BCUT2D eigenvalue weighted by Crippen LogP contribution is 2.45. The van der Waals surface area contributed by atoms with E-state index in [2.05, 4.69) is 52.0 Å². The maximum atomic E-state index is 6.65. The van der Waals surface area contributed by atoms with Crippen molar-refractivity contribution in [2.75, 3.05) is 0 Å². The van der Waals surface area contributed by atoms with Crippen molar-refractivity contribution < 1.29 is 14.2 Å². The number of benzene rings is 2. The summed E-state index contributed by atoms with van der Waals surface area (Å²) in [6.45, 7) is 8.89. The quantitative estimate of drug-likeness (QED) is 0.212. The fraction of sp³-hybridized carbons (Fsp3) is 0.647. The molecule has 0 fully saturated rings. The second kappa shape index (κ2) is 14.1. The summed E-state index contributed by atoms with van der Waals surface area (Å²) >= 11 is 0. The van der Waals surface area contributed by atoms with E-state index < -0.39 is 0 Å². The molecule has 2 heterocycles. The molecule has 0 bridgehead atoms. The number of fused-ring (bicyclic) bond motifs is 2. The molecule has 2 aliphatic rings. The molecule has 0 N–H and O–H groups in total. The maximum absolute atomic E-state index is 6.65. The molecule has 2 aromatic rings. The predicted octanol–water partition coefficient (Wildman–Crippen LogP) is 9.93. The van der Waals surface area contributed by atoms with Crippen molar-refractivity contribution in [1.82, 2.24) is 0 Å². The highest BCUT2D eigenvalue weighted by Gasteiger charge is 2.29. The number of rotatable bonds is 16. The smallest absolute Gasteiger partial charge is 0.134 e. The van der Waals surface area contributed by atoms with Crippen molar-refractivity contribution in [1.29, 1.82) is 0 Å². The van der Waals surface area contributed by atoms with Gasteiger partial charge in [0.15, 0.2) is 0 Å². The molecule has 204 valence electrons. The number of aryl methyl sites for hydroxylation is 2. The van der Waals surface area contributed by atoms with Crippen LogP contribution in [0.3, 0.4) is 0 Å². The number of hydrogen-bond acceptors (Lipinski definition) is 3. The Kier molecular flexibility index (Phi) is 10.6. The first-order chi connectivity index (χ1) is 18.1. The van der Waals surface area contributed by atoms with Gasteiger partial charge in [0.1, 0.15) is 35.2 Å². The largest absolute Gasteiger partial charge is 0.490 e. The van der Waals surface area contributed by atoms with Crippen LogP contribution in [0.15, 0.2) is 24.3 Å². The molecule has 2 atom stereocenters. The van der Waals surface area contributed by atoms with Crippen molar-refractivity contribution >= 4 is 0 Å². The average Bonchev–Trinajstić information content (AvgIpc) is 3.48. The fourth-order valence-electron chi connectivity index (χ4n) is 5.95. The Labute approximate surface area is 226 Å². The molecule has 2 aliphatic heterocycles. The Morgan fingerprint density at radius 3 is 1.43 bits per heavy atom. The zero-order chi connectivity index (χ0) is 26.0. The van der Waals surface area contributed by atoms with Gasteiger partial charge >= 0.3 is 0 Å². The average molecular weight is 507 g/mol. The van der Waals surface area contributed by atoms with Crippen LogP contribution in [-0.2, 0) is 25.7 Å². The first-order valence-corrected chi connectivity index (χ1v) is 15.4. The fourth-order valence-corrected chi connectivity index (χ4v) is 5.95. The third-order valence-corrected chi connectivity index (χ3v) is 8.04. The van der Waals surface area contributed by atoms with Gasteiger partial charge in [0.2, 0.25) is 0 Å². The van der Waals surface area contributed by atoms with E-state index in [0.717, 1.165) is 48.7 Å². The minimum absolute atomic E-state index is 0.205. The summed E-state index contributed by atoms with van der Waals surface area (Å²) in [6.07, 6.45) is 20.2. The molecule has 0 radical (unpaired) electrons. The normalized spacial score (nSPS) is 17.8. The van der Waals surface area contributed by atoms with E-state index >= 15 is 0 Å². The van der Waals surface area contributed by atoms with Gasteiger partial charge < -0.3 is 14.2 Å². The molecule has 0 aromatic heterocycles. The second-order valence-corrected chi connectivity index (χ2v) is 11.5. The summed E-state index contributed by atoms with van der Waals surface area (Å²) in [4.78, 5) is 0. The van der Waals surface area contributed by atoms with Crippen LogP contribution in [0, 0.1) is 0 Å². The molecular weight excluding hydrogens is 456 g/mol. The highest BCUT2D eigenvalue weighted by atomic mass is 16.5. The molecule has 0 spiro atoms. The maximum Gasteiger partial charge on any atom is 0.134 e. The Hall–Kier alpha value is -2.16. The van der Waals surface area contributed by atoms with Gasteiger partial charge in [0.25, 0.3) is 0 Å². The van der Waals surface area contributed by atoms with Crippen molar-refractivity contribution in [3.63, 3.8) is 0 Å². The van der Waals surface area contributed by atoms with Crippen LogP contribution >= 0.6 is 0 Å². The Morgan fingerprint density at radius 2 is 1.00 bits per heavy atom. The summed E-state index contributed by atoms with van der Waals surface area (Å²) in [5, 5.41) is 0. The van der Waals surface area contributed by atoms with Crippen molar-refractivity contribution in [3.05, 3.63) is 46.5 Å². The van der Waals surface area contributed by atoms with Crippen molar-refractivity contribution in [2.24, 2.45) is 0 Å². The van der Waals surface area contributed by atoms with Gasteiger partial charge in [-0.3, -0.25) is 0 Å². The van der Waals surface area contributed by atoms with Gasteiger partial charge in [-0.05, 0) is 62.8 Å². The lowest BCUT2D eigenvalue weighted by Gasteiger charge is -2.16. The first kappa shape index (κ1) is 27.9. The predicted molar refractivity (Wildman–Crippen MR) is 155 cm³/mol. The third kappa shape index (κ3) is 7.45. The summed E-state index contributed by atoms with van der Waals surface area (Å²) in [5.74, 6) is 4.08. The zero-order valence-electron chi connectivity index (χ0n) is 24.0. The van der Waals surface area contributed by atoms with E-state index in [1.807, 2.05) is 0 Å². The van der Waals surface area contributed by atoms with Gasteiger partial charge in [-0.25, -0.2) is 0 Å². The lowest BCUT2D eigenvalue weighted by molar-refractivity contribution is 0.252. The first-order valence-electron chi connectivity index (χ1n) is 15.4. The number of unbranched alkanes of at least 4 members (excludes halogenated alkanes) is 10. The SMILES string of the molecule is CCCCCCCCc1ccc(Oc2ccc(CCCCCCCC)c3c2CC(C)O3)c2c1OC(C)C2. The molecule has 0 aliphatic carbocycles. The van der Waals surface area contributed by atoms with Crippen LogP contribution in [0.1, 0.15) is 127 Å². The molecule has 0 saturated heterocycles. The van der Waals surface area contributed by atoms with E-state index in [0.29, 0.717) is 0 Å². The van der Waals surface area contributed by atoms with E-state index in [1.165, 1.54) is 99.3 Å². The minimum atomic E-state index is 0.205. The Balaban J connectivity index is 1.44. The Bertz CT molecular complexity index is 916. The van der Waals surface area contributed by atoms with Gasteiger partial charge in [0, 0.05) is 24.0 Å². The lowest BCUT2D eigenvalue weighted by Crippen LogP contribution is -2.06. The third-order valence-electron chi connectivity index (χ3n) is 8.04. The molecule has 4 rings (SSSR count). The van der Waals surface area contributed by atoms with Crippen LogP contribution < -0.4 is 14.2 Å². The van der Waals surface area contributed by atoms with Gasteiger partial charge in [-0.2, -0.15) is 0 Å². The molecule has 3 heteroatoms. The number of ether oxygens (including phenoxy) is 3. The Morgan fingerprint density at radius 1 is 0.595 bits per heavy atom. The van der Waals surface area contributed by atoms with Gasteiger partial charge in [-0.1, -0.05) is 90.2 Å².